The van der Waals surface area contributed by atoms with Crippen molar-refractivity contribution in [3.8, 4) is 0 Å². The number of rotatable bonds is 4. The van der Waals surface area contributed by atoms with E-state index < -0.39 is 0 Å². The van der Waals surface area contributed by atoms with Crippen molar-refractivity contribution in [2.75, 3.05) is 37.6 Å². The molecule has 5 heteroatoms. The summed E-state index contributed by atoms with van der Waals surface area (Å²) in [6, 6.07) is 5.61. The molecule has 0 amide bonds. The van der Waals surface area contributed by atoms with E-state index in [1.807, 2.05) is 12.1 Å². The number of nitrogens with two attached hydrogens (primary N) is 1. The summed E-state index contributed by atoms with van der Waals surface area (Å²) in [6.07, 6.45) is 1.20. The fraction of sp³-hybridized carbons (Fsp3) is 0.500. The lowest BCUT2D eigenvalue weighted by atomic mass is 10.1. The highest BCUT2D eigenvalue weighted by Gasteiger charge is 2.18. The summed E-state index contributed by atoms with van der Waals surface area (Å²) < 4.78 is 0. The molecule has 1 aromatic carbocycles. The molecule has 4 nitrogen and oxygen atoms in total. The van der Waals surface area contributed by atoms with Crippen LogP contribution >= 0.6 is 11.6 Å². The van der Waals surface area contributed by atoms with Gasteiger partial charge < -0.3 is 10.6 Å². The van der Waals surface area contributed by atoms with Crippen LogP contribution in [-0.2, 0) is 0 Å². The predicted molar refractivity (Wildman–Crippen MR) is 81.4 cm³/mol. The van der Waals surface area contributed by atoms with Crippen LogP contribution in [0.3, 0.4) is 0 Å². The zero-order valence-electron chi connectivity index (χ0n) is 11.3. The standard InChI is InChI=1S/C14H21ClN4/c1-2-5-18-6-8-19(9-7-18)13-4-3-11(14(16)17)10-12(13)15/h3-4,10H,2,5-9H2,1H3,(H3,16,17). The van der Waals surface area contributed by atoms with Gasteiger partial charge in [0.1, 0.15) is 5.84 Å². The van der Waals surface area contributed by atoms with Crippen molar-refractivity contribution in [2.45, 2.75) is 13.3 Å². The third kappa shape index (κ3) is 3.39. The Balaban J connectivity index is 2.05. The van der Waals surface area contributed by atoms with E-state index in [1.54, 1.807) is 6.07 Å². The van der Waals surface area contributed by atoms with Gasteiger partial charge in [-0.15, -0.1) is 0 Å². The lowest BCUT2D eigenvalue weighted by molar-refractivity contribution is 0.258. The molecule has 1 saturated heterocycles. The molecule has 1 heterocycles. The van der Waals surface area contributed by atoms with Crippen LogP contribution in [0.2, 0.25) is 5.02 Å². The van der Waals surface area contributed by atoms with Crippen LogP contribution in [0.25, 0.3) is 0 Å². The largest absolute Gasteiger partial charge is 0.384 e. The van der Waals surface area contributed by atoms with E-state index in [1.165, 1.54) is 13.0 Å². The van der Waals surface area contributed by atoms with E-state index in [0.717, 1.165) is 31.9 Å². The predicted octanol–water partition coefficient (Wildman–Crippen LogP) is 2.16. The molecule has 0 spiro atoms. The Morgan fingerprint density at radius 2 is 2.00 bits per heavy atom. The Kier molecular flexibility index (Phi) is 4.66. The molecule has 0 unspecified atom stereocenters. The number of hydrogen-bond donors (Lipinski definition) is 2. The Morgan fingerprint density at radius 1 is 1.32 bits per heavy atom. The molecule has 0 saturated carbocycles. The van der Waals surface area contributed by atoms with E-state index in [4.69, 9.17) is 22.7 Å². The highest BCUT2D eigenvalue weighted by Crippen LogP contribution is 2.27. The molecule has 19 heavy (non-hydrogen) atoms. The quantitative estimate of drug-likeness (QED) is 0.656. The minimum absolute atomic E-state index is 0.0567. The zero-order valence-corrected chi connectivity index (χ0v) is 12.1. The van der Waals surface area contributed by atoms with Gasteiger partial charge in [0.15, 0.2) is 0 Å². The van der Waals surface area contributed by atoms with Crippen LogP contribution in [0.15, 0.2) is 18.2 Å². The lowest BCUT2D eigenvalue weighted by Gasteiger charge is -2.36. The van der Waals surface area contributed by atoms with Crippen molar-refractivity contribution in [1.82, 2.24) is 4.90 Å². The molecule has 0 radical (unpaired) electrons. The zero-order chi connectivity index (χ0) is 13.8. The van der Waals surface area contributed by atoms with Gasteiger partial charge in [0.05, 0.1) is 10.7 Å². The Labute approximate surface area is 119 Å². The van der Waals surface area contributed by atoms with Crippen LogP contribution in [-0.4, -0.2) is 43.5 Å². The van der Waals surface area contributed by atoms with Gasteiger partial charge in [0.25, 0.3) is 0 Å². The molecule has 104 valence electrons. The fourth-order valence-electron chi connectivity index (χ4n) is 2.46. The van der Waals surface area contributed by atoms with E-state index in [0.29, 0.717) is 10.6 Å². The average Bonchev–Trinajstić information content (AvgIpc) is 2.40. The summed E-state index contributed by atoms with van der Waals surface area (Å²) in [4.78, 5) is 4.78. The number of halogens is 1. The first kappa shape index (κ1) is 14.2. The molecule has 0 aliphatic carbocycles. The SMILES string of the molecule is CCCN1CCN(c2ccc(C(=N)N)cc2Cl)CC1. The number of anilines is 1. The molecule has 1 aliphatic rings. The summed E-state index contributed by atoms with van der Waals surface area (Å²) in [5.41, 5.74) is 7.19. The van der Waals surface area contributed by atoms with Crippen LogP contribution in [0.4, 0.5) is 5.69 Å². The van der Waals surface area contributed by atoms with Crippen LogP contribution < -0.4 is 10.6 Å². The van der Waals surface area contributed by atoms with Crippen molar-refractivity contribution < 1.29 is 0 Å². The maximum absolute atomic E-state index is 7.42. The minimum atomic E-state index is 0.0567. The van der Waals surface area contributed by atoms with Crippen molar-refractivity contribution in [2.24, 2.45) is 5.73 Å². The number of piperazine rings is 1. The molecule has 1 aromatic rings. The summed E-state index contributed by atoms with van der Waals surface area (Å²) in [5.74, 6) is 0.0567. The smallest absolute Gasteiger partial charge is 0.122 e. The summed E-state index contributed by atoms with van der Waals surface area (Å²) in [6.45, 7) is 7.55. The van der Waals surface area contributed by atoms with Crippen molar-refractivity contribution in [3.63, 3.8) is 0 Å². The van der Waals surface area contributed by atoms with Gasteiger partial charge in [0.2, 0.25) is 0 Å². The minimum Gasteiger partial charge on any atom is -0.384 e. The number of nitrogens with zero attached hydrogens (tertiary/aromatic N) is 2. The highest BCUT2D eigenvalue weighted by molar-refractivity contribution is 6.33. The second-order valence-corrected chi connectivity index (χ2v) is 5.32. The van der Waals surface area contributed by atoms with E-state index in [9.17, 15) is 0 Å². The maximum Gasteiger partial charge on any atom is 0.122 e. The third-order valence-electron chi connectivity index (χ3n) is 3.51. The van der Waals surface area contributed by atoms with Gasteiger partial charge in [0, 0.05) is 31.7 Å². The molecular weight excluding hydrogens is 260 g/mol. The lowest BCUT2D eigenvalue weighted by Crippen LogP contribution is -2.46. The number of hydrogen-bond acceptors (Lipinski definition) is 3. The molecule has 0 aromatic heterocycles. The first-order chi connectivity index (χ1) is 9.11. The average molecular weight is 281 g/mol. The summed E-state index contributed by atoms with van der Waals surface area (Å²) in [7, 11) is 0. The first-order valence-corrected chi connectivity index (χ1v) is 7.11. The second kappa shape index (κ2) is 6.26. The molecule has 1 aliphatic heterocycles. The van der Waals surface area contributed by atoms with Gasteiger partial charge in [-0.1, -0.05) is 18.5 Å². The van der Waals surface area contributed by atoms with Crippen LogP contribution in [0.1, 0.15) is 18.9 Å². The van der Waals surface area contributed by atoms with Gasteiger partial charge in [-0.2, -0.15) is 0 Å². The molecule has 3 N–H and O–H groups in total. The Bertz CT molecular complexity index is 453. The molecular formula is C14H21ClN4. The molecule has 1 fully saturated rings. The van der Waals surface area contributed by atoms with E-state index in [-0.39, 0.29) is 5.84 Å². The van der Waals surface area contributed by atoms with Crippen molar-refractivity contribution >= 4 is 23.1 Å². The summed E-state index contributed by atoms with van der Waals surface area (Å²) >= 11 is 6.30. The van der Waals surface area contributed by atoms with Gasteiger partial charge in [-0.3, -0.25) is 10.3 Å². The van der Waals surface area contributed by atoms with Crippen LogP contribution in [0, 0.1) is 5.41 Å². The maximum atomic E-state index is 7.42. The Hall–Kier alpha value is -1.26. The van der Waals surface area contributed by atoms with Crippen LogP contribution in [0.5, 0.6) is 0 Å². The molecule has 0 atom stereocenters. The summed E-state index contributed by atoms with van der Waals surface area (Å²) in [5, 5.41) is 8.10. The monoisotopic (exact) mass is 280 g/mol. The Morgan fingerprint density at radius 3 is 2.53 bits per heavy atom. The number of amidine groups is 1. The number of nitrogen functional groups attached to an aromatic ring is 1. The first-order valence-electron chi connectivity index (χ1n) is 6.73. The number of benzene rings is 1. The topological polar surface area (TPSA) is 56.4 Å². The van der Waals surface area contributed by atoms with E-state index >= 15 is 0 Å². The molecule has 2 rings (SSSR count). The highest BCUT2D eigenvalue weighted by atomic mass is 35.5. The normalized spacial score (nSPS) is 16.6. The van der Waals surface area contributed by atoms with Gasteiger partial charge in [-0.05, 0) is 31.2 Å². The van der Waals surface area contributed by atoms with Crippen molar-refractivity contribution in [1.29, 1.82) is 5.41 Å². The number of nitrogens with one attached hydrogen (secondary N) is 1. The van der Waals surface area contributed by atoms with Gasteiger partial charge in [-0.25, -0.2) is 0 Å². The second-order valence-electron chi connectivity index (χ2n) is 4.91. The van der Waals surface area contributed by atoms with Gasteiger partial charge >= 0.3 is 0 Å². The molecule has 0 bridgehead atoms. The third-order valence-corrected chi connectivity index (χ3v) is 3.81. The van der Waals surface area contributed by atoms with E-state index in [2.05, 4.69) is 16.7 Å². The fourth-order valence-corrected chi connectivity index (χ4v) is 2.76. The van der Waals surface area contributed by atoms with Crippen molar-refractivity contribution in [3.05, 3.63) is 28.8 Å².